The van der Waals surface area contributed by atoms with Gasteiger partial charge in [0.25, 0.3) is 0 Å². The van der Waals surface area contributed by atoms with E-state index in [1.54, 1.807) is 43.3 Å². The van der Waals surface area contributed by atoms with E-state index in [1.807, 2.05) is 0 Å². The van der Waals surface area contributed by atoms with Crippen LogP contribution in [0, 0.1) is 18.6 Å². The SMILES string of the molecule is Cc1cccc(-c2onc(N)c2-c2ccccc2F)c1F. The number of nitrogen functional groups attached to an aromatic ring is 1. The van der Waals surface area contributed by atoms with Crippen molar-refractivity contribution in [3.63, 3.8) is 0 Å². The fourth-order valence-corrected chi connectivity index (χ4v) is 2.23. The van der Waals surface area contributed by atoms with Crippen molar-refractivity contribution in [1.82, 2.24) is 5.16 Å². The van der Waals surface area contributed by atoms with Crippen LogP contribution >= 0.6 is 0 Å². The number of aryl methyl sites for hydroxylation is 1. The van der Waals surface area contributed by atoms with Crippen LogP contribution in [0.4, 0.5) is 14.6 Å². The minimum atomic E-state index is -0.471. The van der Waals surface area contributed by atoms with Gasteiger partial charge in [0.05, 0.1) is 11.1 Å². The third kappa shape index (κ3) is 2.16. The summed E-state index contributed by atoms with van der Waals surface area (Å²) in [6, 6.07) is 11.0. The average Bonchev–Trinajstić information content (AvgIpc) is 2.84. The van der Waals surface area contributed by atoms with Gasteiger partial charge in [-0.2, -0.15) is 0 Å². The minimum absolute atomic E-state index is 0.0241. The van der Waals surface area contributed by atoms with Gasteiger partial charge in [-0.1, -0.05) is 35.5 Å². The molecule has 1 heterocycles. The Morgan fingerprint density at radius 3 is 2.48 bits per heavy atom. The highest BCUT2D eigenvalue weighted by molar-refractivity contribution is 5.87. The molecule has 0 saturated carbocycles. The lowest BCUT2D eigenvalue weighted by molar-refractivity contribution is 0.433. The van der Waals surface area contributed by atoms with E-state index in [0.717, 1.165) is 0 Å². The second-order valence-electron chi connectivity index (χ2n) is 4.69. The van der Waals surface area contributed by atoms with Gasteiger partial charge in [-0.3, -0.25) is 0 Å². The van der Waals surface area contributed by atoms with Crippen LogP contribution in [0.3, 0.4) is 0 Å². The summed E-state index contributed by atoms with van der Waals surface area (Å²) in [5, 5.41) is 3.65. The zero-order valence-corrected chi connectivity index (χ0v) is 11.2. The van der Waals surface area contributed by atoms with Crippen molar-refractivity contribution in [2.24, 2.45) is 0 Å². The number of benzene rings is 2. The summed E-state index contributed by atoms with van der Waals surface area (Å²) in [6.45, 7) is 1.64. The predicted molar refractivity (Wildman–Crippen MR) is 76.4 cm³/mol. The lowest BCUT2D eigenvalue weighted by Gasteiger charge is -2.06. The first-order chi connectivity index (χ1) is 10.1. The highest BCUT2D eigenvalue weighted by Crippen LogP contribution is 2.39. The van der Waals surface area contributed by atoms with Gasteiger partial charge in [0.2, 0.25) is 0 Å². The fourth-order valence-electron chi connectivity index (χ4n) is 2.23. The van der Waals surface area contributed by atoms with Crippen molar-refractivity contribution in [3.05, 3.63) is 59.7 Å². The quantitative estimate of drug-likeness (QED) is 0.769. The number of hydrogen-bond donors (Lipinski definition) is 1. The lowest BCUT2D eigenvalue weighted by Crippen LogP contribution is -1.93. The van der Waals surface area contributed by atoms with Crippen LogP contribution in [0.2, 0.25) is 0 Å². The van der Waals surface area contributed by atoms with Gasteiger partial charge >= 0.3 is 0 Å². The molecule has 106 valence electrons. The highest BCUT2D eigenvalue weighted by atomic mass is 19.1. The number of nitrogens with zero attached hydrogens (tertiary/aromatic N) is 1. The summed E-state index contributed by atoms with van der Waals surface area (Å²) in [7, 11) is 0. The van der Waals surface area contributed by atoms with Gasteiger partial charge in [-0.05, 0) is 24.6 Å². The van der Waals surface area contributed by atoms with Crippen LogP contribution in [-0.4, -0.2) is 5.16 Å². The molecule has 0 amide bonds. The van der Waals surface area contributed by atoms with E-state index in [9.17, 15) is 8.78 Å². The van der Waals surface area contributed by atoms with E-state index < -0.39 is 11.6 Å². The van der Waals surface area contributed by atoms with Gasteiger partial charge in [0.15, 0.2) is 11.6 Å². The van der Waals surface area contributed by atoms with Crippen molar-refractivity contribution in [2.45, 2.75) is 6.92 Å². The molecule has 0 fully saturated rings. The summed E-state index contributed by atoms with van der Waals surface area (Å²) < 4.78 is 33.4. The number of nitrogens with two attached hydrogens (primary N) is 1. The Labute approximate surface area is 120 Å². The molecule has 0 aliphatic carbocycles. The van der Waals surface area contributed by atoms with Gasteiger partial charge in [-0.15, -0.1) is 0 Å². The zero-order valence-electron chi connectivity index (χ0n) is 11.2. The van der Waals surface area contributed by atoms with Crippen molar-refractivity contribution in [1.29, 1.82) is 0 Å². The molecule has 0 radical (unpaired) electrons. The molecule has 21 heavy (non-hydrogen) atoms. The molecule has 0 aliphatic heterocycles. The Morgan fingerprint density at radius 2 is 1.71 bits per heavy atom. The Kier molecular flexibility index (Phi) is 3.17. The van der Waals surface area contributed by atoms with E-state index in [2.05, 4.69) is 5.16 Å². The standard InChI is InChI=1S/C16H12F2N2O/c1-9-5-4-7-11(14(9)18)15-13(16(19)20-21-15)10-6-2-3-8-12(10)17/h2-8H,1H3,(H2,19,20). The van der Waals surface area contributed by atoms with Gasteiger partial charge in [0.1, 0.15) is 11.6 Å². The molecule has 3 rings (SSSR count). The molecule has 0 spiro atoms. The van der Waals surface area contributed by atoms with Crippen LogP contribution in [0.1, 0.15) is 5.56 Å². The second kappa shape index (κ2) is 5.01. The summed E-state index contributed by atoms with van der Waals surface area (Å²) in [5.41, 5.74) is 6.93. The maximum atomic E-state index is 14.3. The first kappa shape index (κ1) is 13.3. The normalized spacial score (nSPS) is 10.8. The number of halogens is 2. The molecule has 3 nitrogen and oxygen atoms in total. The molecule has 1 aromatic heterocycles. The molecule has 0 saturated heterocycles. The Balaban J connectivity index is 2.28. The van der Waals surface area contributed by atoms with Gasteiger partial charge in [-0.25, -0.2) is 8.78 Å². The molecule has 0 bridgehead atoms. The largest absolute Gasteiger partial charge is 0.380 e. The van der Waals surface area contributed by atoms with Crippen molar-refractivity contribution in [2.75, 3.05) is 5.73 Å². The number of anilines is 1. The molecule has 0 unspecified atom stereocenters. The van der Waals surface area contributed by atoms with Crippen molar-refractivity contribution >= 4 is 5.82 Å². The summed E-state index contributed by atoms with van der Waals surface area (Å²) >= 11 is 0. The topological polar surface area (TPSA) is 52.0 Å². The predicted octanol–water partition coefficient (Wildman–Crippen LogP) is 4.18. The third-order valence-corrected chi connectivity index (χ3v) is 3.30. The Hall–Kier alpha value is -2.69. The molecule has 2 aromatic carbocycles. The van der Waals surface area contributed by atoms with Crippen LogP contribution in [0.25, 0.3) is 22.5 Å². The number of rotatable bonds is 2. The maximum Gasteiger partial charge on any atom is 0.179 e. The Morgan fingerprint density at radius 1 is 1.00 bits per heavy atom. The molecule has 0 aliphatic rings. The molecule has 5 heteroatoms. The maximum absolute atomic E-state index is 14.3. The van der Waals surface area contributed by atoms with Crippen LogP contribution in [0.15, 0.2) is 47.0 Å². The van der Waals surface area contributed by atoms with Gasteiger partial charge in [0, 0.05) is 5.56 Å². The monoisotopic (exact) mass is 286 g/mol. The van der Waals surface area contributed by atoms with E-state index in [-0.39, 0.29) is 28.3 Å². The molecule has 3 aromatic rings. The van der Waals surface area contributed by atoms with Gasteiger partial charge < -0.3 is 10.3 Å². The average molecular weight is 286 g/mol. The highest BCUT2D eigenvalue weighted by Gasteiger charge is 2.22. The third-order valence-electron chi connectivity index (χ3n) is 3.30. The number of aromatic nitrogens is 1. The second-order valence-corrected chi connectivity index (χ2v) is 4.69. The van der Waals surface area contributed by atoms with Crippen LogP contribution in [0.5, 0.6) is 0 Å². The minimum Gasteiger partial charge on any atom is -0.380 e. The van der Waals surface area contributed by atoms with Crippen LogP contribution < -0.4 is 5.73 Å². The lowest BCUT2D eigenvalue weighted by atomic mass is 9.99. The molecule has 2 N–H and O–H groups in total. The van der Waals surface area contributed by atoms with Crippen LogP contribution in [-0.2, 0) is 0 Å². The fraction of sp³-hybridized carbons (Fsp3) is 0.0625. The van der Waals surface area contributed by atoms with Crippen molar-refractivity contribution < 1.29 is 13.3 Å². The first-order valence-electron chi connectivity index (χ1n) is 6.35. The van der Waals surface area contributed by atoms with E-state index in [0.29, 0.717) is 5.56 Å². The summed E-state index contributed by atoms with van der Waals surface area (Å²) in [5.74, 6) is -0.761. The molecule has 0 atom stereocenters. The molecular weight excluding hydrogens is 274 g/mol. The molecular formula is C16H12F2N2O. The van der Waals surface area contributed by atoms with E-state index >= 15 is 0 Å². The van der Waals surface area contributed by atoms with E-state index in [1.165, 1.54) is 6.07 Å². The Bertz CT molecular complexity index is 812. The first-order valence-corrected chi connectivity index (χ1v) is 6.35. The number of hydrogen-bond acceptors (Lipinski definition) is 3. The smallest absolute Gasteiger partial charge is 0.179 e. The summed E-state index contributed by atoms with van der Waals surface area (Å²) in [6.07, 6.45) is 0. The van der Waals surface area contributed by atoms with Crippen molar-refractivity contribution in [3.8, 4) is 22.5 Å². The summed E-state index contributed by atoms with van der Waals surface area (Å²) in [4.78, 5) is 0. The van der Waals surface area contributed by atoms with E-state index in [4.69, 9.17) is 10.3 Å². The zero-order chi connectivity index (χ0) is 15.0.